The van der Waals surface area contributed by atoms with Gasteiger partial charge in [0.05, 0.1) is 13.1 Å². The number of hydrogen-bond acceptors (Lipinski definition) is 4. The Hall–Kier alpha value is -1.11. The fourth-order valence-electron chi connectivity index (χ4n) is 2.18. The summed E-state index contributed by atoms with van der Waals surface area (Å²) in [7, 11) is 0. The van der Waals surface area contributed by atoms with Gasteiger partial charge in [0.15, 0.2) is 5.82 Å². The zero-order valence-electron chi connectivity index (χ0n) is 9.96. The minimum absolute atomic E-state index is 0.0424. The minimum atomic E-state index is -4.22. The lowest BCUT2D eigenvalue weighted by Crippen LogP contribution is -2.28. The fourth-order valence-corrected chi connectivity index (χ4v) is 2.18. The summed E-state index contributed by atoms with van der Waals surface area (Å²) in [6.45, 7) is -1.09. The van der Waals surface area contributed by atoms with Crippen LogP contribution in [0.5, 0.6) is 0 Å². The molecule has 0 amide bonds. The third-order valence-electron chi connectivity index (χ3n) is 3.06. The maximum atomic E-state index is 11.9. The van der Waals surface area contributed by atoms with Crippen molar-refractivity contribution in [2.75, 3.05) is 6.54 Å². The predicted octanol–water partition coefficient (Wildman–Crippen LogP) is 2.77. The van der Waals surface area contributed by atoms with Gasteiger partial charge in [0.25, 0.3) is 0 Å². The van der Waals surface area contributed by atoms with Crippen molar-refractivity contribution < 1.29 is 17.7 Å². The lowest BCUT2D eigenvalue weighted by molar-refractivity contribution is -0.125. The van der Waals surface area contributed by atoms with Gasteiger partial charge >= 0.3 is 6.18 Å². The molecule has 0 unspecified atom stereocenters. The molecule has 18 heavy (non-hydrogen) atoms. The van der Waals surface area contributed by atoms with Gasteiger partial charge in [0.1, 0.15) is 0 Å². The lowest BCUT2D eigenvalue weighted by atomic mass is 9.89. The molecule has 2 rings (SSSR count). The van der Waals surface area contributed by atoms with Crippen LogP contribution in [0.25, 0.3) is 0 Å². The summed E-state index contributed by atoms with van der Waals surface area (Å²) in [6, 6.07) is 0. The van der Waals surface area contributed by atoms with Crippen LogP contribution in [0.1, 0.15) is 49.7 Å². The van der Waals surface area contributed by atoms with E-state index in [-0.39, 0.29) is 12.4 Å². The molecule has 1 aliphatic carbocycles. The SMILES string of the molecule is FC(F)(F)CNCc1nc(C2CCCCC2)no1. The van der Waals surface area contributed by atoms with E-state index in [0.29, 0.717) is 11.7 Å². The number of aromatic nitrogens is 2. The zero-order chi connectivity index (χ0) is 13.0. The Bertz CT molecular complexity index is 372. The normalized spacial score (nSPS) is 18.2. The molecule has 0 radical (unpaired) electrons. The van der Waals surface area contributed by atoms with Crippen LogP contribution in [-0.4, -0.2) is 22.9 Å². The van der Waals surface area contributed by atoms with Crippen LogP contribution in [0.2, 0.25) is 0 Å². The van der Waals surface area contributed by atoms with Crippen molar-refractivity contribution in [2.45, 2.75) is 50.7 Å². The van der Waals surface area contributed by atoms with Crippen LogP contribution >= 0.6 is 0 Å². The van der Waals surface area contributed by atoms with E-state index in [9.17, 15) is 13.2 Å². The fraction of sp³-hybridized carbons (Fsp3) is 0.818. The first-order chi connectivity index (χ1) is 8.54. The van der Waals surface area contributed by atoms with Crippen LogP contribution in [0.3, 0.4) is 0 Å². The molecule has 0 aliphatic heterocycles. The summed E-state index contributed by atoms with van der Waals surface area (Å²) in [6.07, 6.45) is 1.40. The summed E-state index contributed by atoms with van der Waals surface area (Å²) in [4.78, 5) is 4.15. The van der Waals surface area contributed by atoms with Crippen molar-refractivity contribution in [3.05, 3.63) is 11.7 Å². The highest BCUT2D eigenvalue weighted by molar-refractivity contribution is 4.96. The van der Waals surface area contributed by atoms with Gasteiger partial charge in [-0.15, -0.1) is 0 Å². The summed E-state index contributed by atoms with van der Waals surface area (Å²) in [5, 5.41) is 6.08. The van der Waals surface area contributed by atoms with E-state index in [4.69, 9.17) is 4.52 Å². The second-order valence-corrected chi connectivity index (χ2v) is 4.60. The van der Waals surface area contributed by atoms with E-state index in [1.807, 2.05) is 0 Å². The molecule has 0 aromatic carbocycles. The topological polar surface area (TPSA) is 51.0 Å². The zero-order valence-corrected chi connectivity index (χ0v) is 9.96. The van der Waals surface area contributed by atoms with Crippen LogP contribution in [0.15, 0.2) is 4.52 Å². The van der Waals surface area contributed by atoms with Gasteiger partial charge in [0, 0.05) is 5.92 Å². The van der Waals surface area contributed by atoms with E-state index in [1.54, 1.807) is 0 Å². The molecule has 0 bridgehead atoms. The lowest BCUT2D eigenvalue weighted by Gasteiger charge is -2.17. The van der Waals surface area contributed by atoms with E-state index < -0.39 is 12.7 Å². The highest BCUT2D eigenvalue weighted by Crippen LogP contribution is 2.30. The number of halogens is 3. The molecule has 4 nitrogen and oxygen atoms in total. The molecule has 102 valence electrons. The van der Waals surface area contributed by atoms with Crippen molar-refractivity contribution in [3.8, 4) is 0 Å². The maximum absolute atomic E-state index is 11.9. The molecule has 1 fully saturated rings. The summed E-state index contributed by atoms with van der Waals surface area (Å²) >= 11 is 0. The summed E-state index contributed by atoms with van der Waals surface area (Å²) < 4.78 is 40.7. The first-order valence-electron chi connectivity index (χ1n) is 6.14. The van der Waals surface area contributed by atoms with Gasteiger partial charge in [-0.1, -0.05) is 24.4 Å². The van der Waals surface area contributed by atoms with Crippen LogP contribution in [-0.2, 0) is 6.54 Å². The number of alkyl halides is 3. The van der Waals surface area contributed by atoms with Crippen molar-refractivity contribution in [3.63, 3.8) is 0 Å². The smallest absolute Gasteiger partial charge is 0.338 e. The Labute approximate surface area is 103 Å². The molecule has 1 N–H and O–H groups in total. The Morgan fingerprint density at radius 1 is 1.22 bits per heavy atom. The van der Waals surface area contributed by atoms with Gasteiger partial charge in [-0.3, -0.25) is 0 Å². The van der Waals surface area contributed by atoms with Crippen LogP contribution < -0.4 is 5.32 Å². The number of nitrogens with zero attached hydrogens (tertiary/aromatic N) is 2. The van der Waals surface area contributed by atoms with Crippen molar-refractivity contribution >= 4 is 0 Å². The maximum Gasteiger partial charge on any atom is 0.401 e. The molecule has 1 aromatic heterocycles. The second-order valence-electron chi connectivity index (χ2n) is 4.60. The Morgan fingerprint density at radius 3 is 2.61 bits per heavy atom. The van der Waals surface area contributed by atoms with E-state index in [1.165, 1.54) is 6.42 Å². The largest absolute Gasteiger partial charge is 0.401 e. The third-order valence-corrected chi connectivity index (χ3v) is 3.06. The molecule has 1 heterocycles. The quantitative estimate of drug-likeness (QED) is 0.907. The van der Waals surface area contributed by atoms with E-state index >= 15 is 0 Å². The van der Waals surface area contributed by atoms with Crippen molar-refractivity contribution in [1.82, 2.24) is 15.5 Å². The minimum Gasteiger partial charge on any atom is -0.338 e. The molecule has 1 aliphatic rings. The van der Waals surface area contributed by atoms with Crippen LogP contribution in [0, 0.1) is 0 Å². The summed E-state index contributed by atoms with van der Waals surface area (Å²) in [5.41, 5.74) is 0. The standard InChI is InChI=1S/C11H16F3N3O/c12-11(13,14)7-15-6-9-16-10(17-18-9)8-4-2-1-3-5-8/h8,15H,1-7H2. The Kier molecular flexibility index (Phi) is 4.21. The van der Waals surface area contributed by atoms with E-state index in [2.05, 4.69) is 15.5 Å². The Balaban J connectivity index is 1.82. The molecule has 0 atom stereocenters. The number of hydrogen-bond donors (Lipinski definition) is 1. The van der Waals surface area contributed by atoms with Gasteiger partial charge in [-0.05, 0) is 12.8 Å². The first kappa shape index (κ1) is 13.3. The van der Waals surface area contributed by atoms with Crippen LogP contribution in [0.4, 0.5) is 13.2 Å². The molecule has 1 aromatic rings. The second kappa shape index (κ2) is 5.69. The molecule has 7 heteroatoms. The number of nitrogens with one attached hydrogen (secondary N) is 1. The monoisotopic (exact) mass is 263 g/mol. The molecule has 0 spiro atoms. The van der Waals surface area contributed by atoms with Crippen molar-refractivity contribution in [1.29, 1.82) is 0 Å². The average molecular weight is 263 g/mol. The molecular formula is C11H16F3N3O. The highest BCUT2D eigenvalue weighted by Gasteiger charge is 2.27. The number of rotatable bonds is 4. The highest BCUT2D eigenvalue weighted by atomic mass is 19.4. The van der Waals surface area contributed by atoms with Gasteiger partial charge in [0.2, 0.25) is 5.89 Å². The van der Waals surface area contributed by atoms with Crippen molar-refractivity contribution in [2.24, 2.45) is 0 Å². The molecule has 1 saturated carbocycles. The first-order valence-corrected chi connectivity index (χ1v) is 6.14. The van der Waals surface area contributed by atoms with E-state index in [0.717, 1.165) is 25.7 Å². The van der Waals surface area contributed by atoms with Gasteiger partial charge in [-0.25, -0.2) is 0 Å². The Morgan fingerprint density at radius 2 is 1.94 bits per heavy atom. The summed E-state index contributed by atoms with van der Waals surface area (Å²) in [5.74, 6) is 1.16. The van der Waals surface area contributed by atoms with Gasteiger partial charge in [-0.2, -0.15) is 18.2 Å². The third kappa shape index (κ3) is 3.97. The van der Waals surface area contributed by atoms with Gasteiger partial charge < -0.3 is 9.84 Å². The predicted molar refractivity (Wildman–Crippen MR) is 57.9 cm³/mol. The molecule has 0 saturated heterocycles. The molecular weight excluding hydrogens is 247 g/mol. The average Bonchev–Trinajstić information content (AvgIpc) is 2.77.